The molecule has 4 N–H and O–H groups in total. The van der Waals surface area contributed by atoms with Crippen LogP contribution in [0.1, 0.15) is 17.5 Å². The van der Waals surface area contributed by atoms with Crippen molar-refractivity contribution in [1.82, 2.24) is 5.32 Å². The summed E-state index contributed by atoms with van der Waals surface area (Å²) in [6.07, 6.45) is 1.09. The summed E-state index contributed by atoms with van der Waals surface area (Å²) in [6.45, 7) is 0.776. The number of nitrogens with one attached hydrogen (secondary N) is 2. The molecule has 6 heteroatoms. The van der Waals surface area contributed by atoms with E-state index in [1.54, 1.807) is 24.3 Å². The second kappa shape index (κ2) is 8.93. The largest absolute Gasteiger partial charge is 0.492 e. The number of carbonyl (C=O) groups excluding carboxylic acids is 1. The monoisotopic (exact) mass is 345 g/mol. The van der Waals surface area contributed by atoms with Gasteiger partial charge in [0, 0.05) is 17.0 Å². The third kappa shape index (κ3) is 5.93. The molecule has 24 heavy (non-hydrogen) atoms. The van der Waals surface area contributed by atoms with E-state index in [9.17, 15) is 4.79 Å². The summed E-state index contributed by atoms with van der Waals surface area (Å²) in [5.41, 5.74) is 7.12. The van der Waals surface area contributed by atoms with Gasteiger partial charge >= 0.3 is 0 Å². The van der Waals surface area contributed by atoms with Crippen molar-refractivity contribution in [1.29, 1.82) is 5.41 Å². The zero-order chi connectivity index (χ0) is 17.4. The van der Waals surface area contributed by atoms with Gasteiger partial charge in [0.2, 0.25) is 5.91 Å². The molecule has 1 amide bonds. The van der Waals surface area contributed by atoms with Crippen LogP contribution in [-0.2, 0) is 11.2 Å². The molecule has 0 bridgehead atoms. The lowest BCUT2D eigenvalue weighted by atomic mass is 10.1. The Labute approximate surface area is 146 Å². The number of rotatable bonds is 8. The number of nitrogens with two attached hydrogens (primary N) is 1. The van der Waals surface area contributed by atoms with Gasteiger partial charge in [0.1, 0.15) is 18.2 Å². The van der Waals surface area contributed by atoms with Gasteiger partial charge in [0.05, 0.1) is 6.54 Å². The van der Waals surface area contributed by atoms with Crippen molar-refractivity contribution in [2.75, 3.05) is 13.2 Å². The molecule has 0 aliphatic carbocycles. The Hall–Kier alpha value is -2.53. The Balaban J connectivity index is 1.66. The summed E-state index contributed by atoms with van der Waals surface area (Å²) in [4.78, 5) is 11.8. The quantitative estimate of drug-likeness (QED) is 0.390. The maximum atomic E-state index is 11.8. The lowest BCUT2D eigenvalue weighted by molar-refractivity contribution is -0.121. The molecule has 0 aliphatic rings. The molecule has 0 spiro atoms. The highest BCUT2D eigenvalue weighted by atomic mass is 35.5. The number of nitrogen functional groups attached to an aromatic ring is 1. The number of halogens is 1. The number of ether oxygens (including phenoxy) is 1. The molecule has 0 aliphatic heterocycles. The van der Waals surface area contributed by atoms with E-state index in [2.05, 4.69) is 5.32 Å². The summed E-state index contributed by atoms with van der Waals surface area (Å²) in [7, 11) is 0. The van der Waals surface area contributed by atoms with Gasteiger partial charge in [-0.1, -0.05) is 35.9 Å². The van der Waals surface area contributed by atoms with Crippen molar-refractivity contribution in [3.63, 3.8) is 0 Å². The predicted molar refractivity (Wildman–Crippen MR) is 95.7 cm³/mol. The van der Waals surface area contributed by atoms with Crippen LogP contribution in [0.15, 0.2) is 48.5 Å². The molecule has 0 unspecified atom stereocenters. The van der Waals surface area contributed by atoms with Crippen molar-refractivity contribution in [3.8, 4) is 5.75 Å². The Morgan fingerprint density at radius 1 is 1.21 bits per heavy atom. The van der Waals surface area contributed by atoms with E-state index < -0.39 is 0 Å². The van der Waals surface area contributed by atoms with E-state index in [0.29, 0.717) is 42.3 Å². The molecule has 0 saturated heterocycles. The first kappa shape index (κ1) is 17.8. The third-order valence-electron chi connectivity index (χ3n) is 3.39. The molecule has 5 nitrogen and oxygen atoms in total. The van der Waals surface area contributed by atoms with E-state index in [1.807, 2.05) is 24.3 Å². The van der Waals surface area contributed by atoms with Gasteiger partial charge in [-0.3, -0.25) is 10.2 Å². The smallest absolute Gasteiger partial charge is 0.220 e. The van der Waals surface area contributed by atoms with E-state index >= 15 is 0 Å². The average molecular weight is 346 g/mol. The maximum Gasteiger partial charge on any atom is 0.220 e. The van der Waals surface area contributed by atoms with Crippen molar-refractivity contribution in [3.05, 3.63) is 64.7 Å². The molecule has 0 saturated carbocycles. The second-order valence-corrected chi connectivity index (χ2v) is 5.70. The van der Waals surface area contributed by atoms with E-state index in [1.165, 1.54) is 0 Å². The number of hydrogen-bond acceptors (Lipinski definition) is 3. The molecule has 2 aromatic carbocycles. The predicted octanol–water partition coefficient (Wildman–Crippen LogP) is 2.75. The van der Waals surface area contributed by atoms with Crippen LogP contribution in [0.5, 0.6) is 5.75 Å². The van der Waals surface area contributed by atoms with Crippen LogP contribution in [0.3, 0.4) is 0 Å². The van der Waals surface area contributed by atoms with Crippen molar-refractivity contribution < 1.29 is 9.53 Å². The third-order valence-corrected chi connectivity index (χ3v) is 3.64. The molecule has 2 rings (SSSR count). The van der Waals surface area contributed by atoms with Crippen LogP contribution >= 0.6 is 11.6 Å². The fraction of sp³-hybridized carbons (Fsp3) is 0.222. The van der Waals surface area contributed by atoms with Crippen molar-refractivity contribution in [2.45, 2.75) is 12.8 Å². The van der Waals surface area contributed by atoms with E-state index in [4.69, 9.17) is 27.5 Å². The minimum atomic E-state index is -0.0222. The minimum Gasteiger partial charge on any atom is -0.492 e. The first-order valence-corrected chi connectivity index (χ1v) is 8.01. The van der Waals surface area contributed by atoms with Crippen LogP contribution in [-0.4, -0.2) is 24.9 Å². The zero-order valence-electron chi connectivity index (χ0n) is 13.2. The molecule has 126 valence electrons. The number of hydrogen-bond donors (Lipinski definition) is 3. The number of amidine groups is 1. The maximum absolute atomic E-state index is 11.8. The summed E-state index contributed by atoms with van der Waals surface area (Å²) in [5, 5.41) is 10.9. The highest BCUT2D eigenvalue weighted by Crippen LogP contribution is 2.13. The Morgan fingerprint density at radius 2 is 1.96 bits per heavy atom. The first-order chi connectivity index (χ1) is 11.5. The molecule has 0 aromatic heterocycles. The highest BCUT2D eigenvalue weighted by Gasteiger charge is 2.03. The van der Waals surface area contributed by atoms with Crippen molar-refractivity contribution >= 4 is 23.3 Å². The fourth-order valence-corrected chi connectivity index (χ4v) is 2.24. The normalized spacial score (nSPS) is 10.2. The van der Waals surface area contributed by atoms with E-state index in [-0.39, 0.29) is 11.7 Å². The number of carbonyl (C=O) groups is 1. The molecule has 2 aromatic rings. The second-order valence-electron chi connectivity index (χ2n) is 5.27. The molecule has 0 radical (unpaired) electrons. The average Bonchev–Trinajstić information content (AvgIpc) is 2.58. The van der Waals surface area contributed by atoms with Gasteiger partial charge < -0.3 is 15.8 Å². The van der Waals surface area contributed by atoms with Crippen LogP contribution in [0.2, 0.25) is 5.02 Å². The molecular formula is C18H20ClN3O2. The SMILES string of the molecule is N=C(N)c1cccc(OCCNC(=O)CCc2ccc(Cl)cc2)c1. The molecule has 0 atom stereocenters. The van der Waals surface area contributed by atoms with Gasteiger partial charge in [-0.25, -0.2) is 0 Å². The first-order valence-electron chi connectivity index (χ1n) is 7.63. The lowest BCUT2D eigenvalue weighted by Gasteiger charge is -2.09. The van der Waals surface area contributed by atoms with E-state index in [0.717, 1.165) is 5.56 Å². The lowest BCUT2D eigenvalue weighted by Crippen LogP contribution is -2.28. The summed E-state index contributed by atoms with van der Waals surface area (Å²) in [5.74, 6) is 0.597. The molecule has 0 fully saturated rings. The van der Waals surface area contributed by atoms with Gasteiger partial charge in [-0.05, 0) is 36.2 Å². The summed E-state index contributed by atoms with van der Waals surface area (Å²) < 4.78 is 5.54. The van der Waals surface area contributed by atoms with Crippen molar-refractivity contribution in [2.24, 2.45) is 5.73 Å². The molecule has 0 heterocycles. The minimum absolute atomic E-state index is 0.00375. The number of benzene rings is 2. The van der Waals surface area contributed by atoms with Gasteiger partial charge in [-0.2, -0.15) is 0 Å². The standard InChI is InChI=1S/C18H20ClN3O2/c19-15-7-4-13(5-8-15)6-9-17(23)22-10-11-24-16-3-1-2-14(12-16)18(20)21/h1-5,7-8,12H,6,9-11H2,(H3,20,21)(H,22,23). The van der Waals surface area contributed by atoms with Gasteiger partial charge in [-0.15, -0.1) is 0 Å². The number of amides is 1. The highest BCUT2D eigenvalue weighted by molar-refractivity contribution is 6.30. The van der Waals surface area contributed by atoms with Crippen LogP contribution in [0, 0.1) is 5.41 Å². The fourth-order valence-electron chi connectivity index (χ4n) is 2.11. The van der Waals surface area contributed by atoms with Crippen LogP contribution in [0.4, 0.5) is 0 Å². The van der Waals surface area contributed by atoms with Gasteiger partial charge in [0.15, 0.2) is 0 Å². The summed E-state index contributed by atoms with van der Waals surface area (Å²) >= 11 is 5.82. The van der Waals surface area contributed by atoms with Crippen LogP contribution in [0.25, 0.3) is 0 Å². The Kier molecular flexibility index (Phi) is 6.63. The zero-order valence-corrected chi connectivity index (χ0v) is 14.0. The molecular weight excluding hydrogens is 326 g/mol. The van der Waals surface area contributed by atoms with Gasteiger partial charge in [0.25, 0.3) is 0 Å². The summed E-state index contributed by atoms with van der Waals surface area (Å²) in [6, 6.07) is 14.5. The van der Waals surface area contributed by atoms with Crippen LogP contribution < -0.4 is 15.8 Å². The number of aryl methyl sites for hydroxylation is 1. The Bertz CT molecular complexity index is 702. The Morgan fingerprint density at radius 3 is 2.67 bits per heavy atom. The topological polar surface area (TPSA) is 88.2 Å².